The van der Waals surface area contributed by atoms with Crippen LogP contribution in [0.15, 0.2) is 156 Å². The quantitative estimate of drug-likeness (QED) is 0.0300. The zero-order valence-corrected chi connectivity index (χ0v) is 46.0. The molecule has 0 aliphatic heterocycles. The Kier molecular flexibility index (Phi) is 15.8. The van der Waals surface area contributed by atoms with Crippen molar-refractivity contribution in [2.45, 2.75) is 38.3 Å². The molecule has 0 saturated heterocycles. The van der Waals surface area contributed by atoms with Crippen molar-refractivity contribution in [3.05, 3.63) is 113 Å². The number of phenols is 2. The summed E-state index contributed by atoms with van der Waals surface area (Å²) >= 11 is 0. The van der Waals surface area contributed by atoms with E-state index in [4.69, 9.17) is 4.74 Å². The first-order valence-corrected chi connectivity index (χ1v) is 29.6. The van der Waals surface area contributed by atoms with Crippen molar-refractivity contribution in [1.82, 2.24) is 9.78 Å². The maximum absolute atomic E-state index is 12.8. The highest BCUT2D eigenvalue weighted by Crippen LogP contribution is 2.47. The Labute approximate surface area is 470 Å². The van der Waals surface area contributed by atoms with E-state index in [1.54, 1.807) is 0 Å². The van der Waals surface area contributed by atoms with E-state index in [0.29, 0.717) is 24.3 Å². The van der Waals surface area contributed by atoms with Crippen LogP contribution in [0.4, 0.5) is 45.5 Å². The minimum Gasteiger partial charge on any atom is -0.505 e. The molecule has 8 aromatic rings. The zero-order chi connectivity index (χ0) is 61.9. The first-order valence-electron chi connectivity index (χ1n) is 22.4. The van der Waals surface area contributed by atoms with E-state index in [1.165, 1.54) is 32.0 Å². The highest BCUT2D eigenvalue weighted by atomic mass is 32.2. The average molecular weight is 1260 g/mol. The molecule has 0 amide bonds. The Morgan fingerprint density at radius 2 is 0.905 bits per heavy atom. The van der Waals surface area contributed by atoms with Gasteiger partial charge < -0.3 is 30.3 Å². The standard InChI is InChI=1S/C46H34N10O23S5/c1-19-10-33(35(79-3)18-32(19)49-47-30-8-5-24(80(64,65)66)15-28(30)45(60)61)50-54-41-38(84(76,77)78)14-22-12-36(82(70,71)72)34(17-27(22)43(41)58)51-52-39-20(2)55-56(44(39)59)23-4-7-26-21(11-23)13-37(83(73,74)75)40(42(26)57)53-48-31-9-6-25(81(67,68)69)16-29(31)46(62)63/h4-18,57-59H,1-3H3,(H,60,61)(H,62,63)(H,64,65,66)(H,67,68,69)(H,70,71,72)(H,73,74,75)(H,76,77,78)/b49-47+,52-51+,53-48+,54-50+. The van der Waals surface area contributed by atoms with Crippen molar-refractivity contribution >= 4 is 130 Å². The number of carboxylic acid groups (broad SMARTS) is 2. The lowest BCUT2D eigenvalue weighted by atomic mass is 10.1. The first-order chi connectivity index (χ1) is 39.0. The van der Waals surface area contributed by atoms with Crippen molar-refractivity contribution in [2.75, 3.05) is 7.11 Å². The molecular formula is C46H34N10O23S5. The van der Waals surface area contributed by atoms with Crippen molar-refractivity contribution in [3.8, 4) is 28.8 Å². The Morgan fingerprint density at radius 3 is 1.39 bits per heavy atom. The number of nitrogens with zero attached hydrogens (tertiary/aromatic N) is 10. The van der Waals surface area contributed by atoms with Crippen LogP contribution >= 0.6 is 0 Å². The Morgan fingerprint density at radius 1 is 0.464 bits per heavy atom. The lowest BCUT2D eigenvalue weighted by molar-refractivity contribution is 0.0686. The van der Waals surface area contributed by atoms with Gasteiger partial charge in [0, 0.05) is 16.8 Å². The van der Waals surface area contributed by atoms with Gasteiger partial charge in [-0.2, -0.15) is 57.0 Å². The molecule has 1 aromatic heterocycles. The number of hydrogen-bond acceptors (Lipinski definition) is 25. The van der Waals surface area contributed by atoms with Gasteiger partial charge in [-0.1, -0.05) is 0 Å². The van der Waals surface area contributed by atoms with Crippen LogP contribution in [0.3, 0.4) is 0 Å². The summed E-state index contributed by atoms with van der Waals surface area (Å²) in [5, 5.41) is 87.1. The lowest BCUT2D eigenvalue weighted by Crippen LogP contribution is -2.03. The molecule has 7 aromatic carbocycles. The number of fused-ring (bicyclic) bond motifs is 2. The summed E-state index contributed by atoms with van der Waals surface area (Å²) in [6.07, 6.45) is 0. The maximum atomic E-state index is 12.8. The number of hydrogen-bond donors (Lipinski definition) is 10. The van der Waals surface area contributed by atoms with Crippen molar-refractivity contribution in [2.24, 2.45) is 40.9 Å². The number of carbonyl (C=O) groups is 2. The van der Waals surface area contributed by atoms with Crippen LogP contribution in [0.25, 0.3) is 27.2 Å². The van der Waals surface area contributed by atoms with Gasteiger partial charge in [-0.25, -0.2) is 9.59 Å². The predicted molar refractivity (Wildman–Crippen MR) is 285 cm³/mol. The summed E-state index contributed by atoms with van der Waals surface area (Å²) in [6.45, 7) is 2.74. The molecular weight excluding hydrogens is 1220 g/mol. The zero-order valence-electron chi connectivity index (χ0n) is 42.0. The minimum atomic E-state index is -5.36. The van der Waals surface area contributed by atoms with Crippen LogP contribution in [0, 0.1) is 13.8 Å². The average Bonchev–Trinajstić information content (AvgIpc) is 1.22. The summed E-state index contributed by atoms with van der Waals surface area (Å²) in [6, 6.07) is 13.4. The topological polar surface area (TPSA) is 533 Å². The number of rotatable bonds is 17. The van der Waals surface area contributed by atoms with E-state index in [2.05, 4.69) is 46.0 Å². The molecule has 1 heterocycles. The number of aromatic hydroxyl groups is 3. The number of ether oxygens (including phenoxy) is 1. The second kappa shape index (κ2) is 21.9. The number of azo groups is 4. The summed E-state index contributed by atoms with van der Waals surface area (Å²) < 4.78 is 178. The Bertz CT molecular complexity index is 4930. The number of aromatic nitrogens is 2. The molecule has 10 N–H and O–H groups in total. The molecule has 436 valence electrons. The van der Waals surface area contributed by atoms with Gasteiger partial charge in [0.15, 0.2) is 17.2 Å². The molecule has 0 radical (unpaired) electrons. The van der Waals surface area contributed by atoms with Gasteiger partial charge in [0.2, 0.25) is 5.88 Å². The normalized spacial score (nSPS) is 12.9. The molecule has 0 aliphatic rings. The molecule has 0 atom stereocenters. The number of aryl methyl sites for hydroxylation is 2. The molecule has 0 saturated carbocycles. The van der Waals surface area contributed by atoms with Crippen LogP contribution in [0.5, 0.6) is 23.1 Å². The molecule has 0 bridgehead atoms. The summed E-state index contributed by atoms with van der Waals surface area (Å²) in [4.78, 5) is 18.9. The van der Waals surface area contributed by atoms with Gasteiger partial charge in [-0.05, 0) is 115 Å². The Balaban J connectivity index is 1.16. The second-order valence-electron chi connectivity index (χ2n) is 17.2. The molecule has 8 rings (SSSR count). The third-order valence-electron chi connectivity index (χ3n) is 11.8. The van der Waals surface area contributed by atoms with E-state index in [9.17, 15) is 100.0 Å². The number of aromatic carboxylic acids is 2. The molecule has 0 aliphatic carbocycles. The highest BCUT2D eigenvalue weighted by Gasteiger charge is 2.28. The molecule has 0 spiro atoms. The van der Waals surface area contributed by atoms with Gasteiger partial charge in [-0.15, -0.1) is 35.8 Å². The number of phenolic OH excluding ortho intramolecular Hbond substituents is 2. The third kappa shape index (κ3) is 12.3. The van der Waals surface area contributed by atoms with Gasteiger partial charge in [0.05, 0.1) is 45.1 Å². The molecule has 38 heteroatoms. The van der Waals surface area contributed by atoms with Crippen LogP contribution in [-0.2, 0) is 50.6 Å². The highest BCUT2D eigenvalue weighted by molar-refractivity contribution is 7.87. The second-order valence-corrected chi connectivity index (χ2v) is 24.2. The van der Waals surface area contributed by atoms with Crippen LogP contribution in [0.2, 0.25) is 0 Å². The summed E-state index contributed by atoms with van der Waals surface area (Å²) in [7, 11) is -24.5. The Hall–Kier alpha value is -9.64. The number of benzene rings is 7. The van der Waals surface area contributed by atoms with E-state index in [-0.39, 0.29) is 50.5 Å². The minimum absolute atomic E-state index is 0.0145. The fourth-order valence-electron chi connectivity index (χ4n) is 7.81. The van der Waals surface area contributed by atoms with Gasteiger partial charge in [0.1, 0.15) is 54.6 Å². The van der Waals surface area contributed by atoms with E-state index in [0.717, 1.165) is 60.3 Å². The van der Waals surface area contributed by atoms with Gasteiger partial charge >= 0.3 is 11.9 Å². The molecule has 84 heavy (non-hydrogen) atoms. The largest absolute Gasteiger partial charge is 0.505 e. The first kappa shape index (κ1) is 60.5. The van der Waals surface area contributed by atoms with E-state index < -0.39 is 155 Å². The predicted octanol–water partition coefficient (Wildman–Crippen LogP) is 9.21. The van der Waals surface area contributed by atoms with E-state index >= 15 is 0 Å². The fourth-order valence-corrected chi connectivity index (χ4v) is 10.8. The molecule has 0 unspecified atom stereocenters. The molecule has 0 fully saturated rings. The molecule has 33 nitrogen and oxygen atoms in total. The van der Waals surface area contributed by atoms with Crippen LogP contribution in [0.1, 0.15) is 32.0 Å². The van der Waals surface area contributed by atoms with E-state index in [1.807, 2.05) is 0 Å². The third-order valence-corrected chi connectivity index (χ3v) is 16.1. The van der Waals surface area contributed by atoms with Crippen LogP contribution in [-0.4, -0.2) is 119 Å². The maximum Gasteiger partial charge on any atom is 0.338 e. The fraction of sp³-hybridized carbons (Fsp3) is 0.0652. The smallest absolute Gasteiger partial charge is 0.338 e. The van der Waals surface area contributed by atoms with Crippen LogP contribution < -0.4 is 4.74 Å². The number of methoxy groups -OCH3 is 1. The SMILES string of the molecule is COc1cc(/N=N/c2ccc(S(=O)(=O)O)cc2C(=O)O)c(C)cc1/N=N/c1c(S(=O)(=O)O)cc2cc(S(=O)(=O)O)c(/N=N/c3c(C)nn(-c4ccc5c(O)c(/N=N/c6ccc(S(=O)(=O)O)cc6C(=O)O)c(S(=O)(=O)O)cc5c4)c3O)cc2c1O. The van der Waals surface area contributed by atoms with Gasteiger partial charge in [0.25, 0.3) is 50.6 Å². The van der Waals surface area contributed by atoms with Crippen molar-refractivity contribution in [3.63, 3.8) is 0 Å². The number of carboxylic acids is 2. The van der Waals surface area contributed by atoms with Crippen molar-refractivity contribution < 1.29 is 105 Å². The monoisotopic (exact) mass is 1250 g/mol. The summed E-state index contributed by atoms with van der Waals surface area (Å²) in [5.74, 6) is -6.39. The van der Waals surface area contributed by atoms with Gasteiger partial charge in [-0.3, -0.25) is 22.8 Å². The van der Waals surface area contributed by atoms with Crippen molar-refractivity contribution in [1.29, 1.82) is 0 Å². The summed E-state index contributed by atoms with van der Waals surface area (Å²) in [5.41, 5.74) is -5.71. The lowest BCUT2D eigenvalue weighted by Gasteiger charge is -2.12.